The summed E-state index contributed by atoms with van der Waals surface area (Å²) >= 11 is 1.70. The zero-order valence-electron chi connectivity index (χ0n) is 11.0. The number of para-hydroxylation sites is 1. The van der Waals surface area contributed by atoms with Crippen LogP contribution in [0.4, 0.5) is 5.13 Å². The second-order valence-electron chi connectivity index (χ2n) is 4.77. The Balaban J connectivity index is 1.76. The zero-order chi connectivity index (χ0) is 13.2. The Bertz CT molecular complexity index is 673. The molecule has 3 aromatic rings. The third-order valence-corrected chi connectivity index (χ3v) is 4.03. The van der Waals surface area contributed by atoms with E-state index in [2.05, 4.69) is 42.3 Å². The summed E-state index contributed by atoms with van der Waals surface area (Å²) in [5.74, 6) is 0.997. The fourth-order valence-electron chi connectivity index (χ4n) is 2.14. The number of hydrogen-bond donors (Lipinski definition) is 1. The molecule has 0 saturated carbocycles. The Morgan fingerprint density at radius 3 is 2.95 bits per heavy atom. The van der Waals surface area contributed by atoms with Crippen molar-refractivity contribution >= 4 is 26.7 Å². The normalized spacial score (nSPS) is 12.7. The van der Waals surface area contributed by atoms with E-state index in [1.54, 1.807) is 17.6 Å². The Hall–Kier alpha value is -1.81. The van der Waals surface area contributed by atoms with Gasteiger partial charge in [0.1, 0.15) is 5.76 Å². The molecule has 0 radical (unpaired) electrons. The second kappa shape index (κ2) is 5.05. The van der Waals surface area contributed by atoms with Crippen LogP contribution < -0.4 is 5.32 Å². The molecule has 0 aliphatic heterocycles. The third kappa shape index (κ3) is 2.63. The third-order valence-electron chi connectivity index (χ3n) is 3.08. The maximum atomic E-state index is 5.36. The van der Waals surface area contributed by atoms with Crippen molar-refractivity contribution in [3.8, 4) is 0 Å². The van der Waals surface area contributed by atoms with Crippen molar-refractivity contribution in [1.82, 2.24) is 4.98 Å². The molecule has 0 spiro atoms. The van der Waals surface area contributed by atoms with Gasteiger partial charge >= 0.3 is 0 Å². The van der Waals surface area contributed by atoms with Crippen LogP contribution in [0.3, 0.4) is 0 Å². The van der Waals surface area contributed by atoms with E-state index in [9.17, 15) is 0 Å². The average molecular weight is 272 g/mol. The van der Waals surface area contributed by atoms with Crippen LogP contribution in [0.25, 0.3) is 10.2 Å². The number of aryl methyl sites for hydroxylation is 1. The molecule has 2 aromatic heterocycles. The number of thiazole rings is 1. The van der Waals surface area contributed by atoms with E-state index < -0.39 is 0 Å². The van der Waals surface area contributed by atoms with E-state index in [4.69, 9.17) is 4.42 Å². The molecule has 1 aromatic carbocycles. The Morgan fingerprint density at radius 1 is 1.32 bits per heavy atom. The summed E-state index contributed by atoms with van der Waals surface area (Å²) in [6, 6.07) is 10.5. The summed E-state index contributed by atoms with van der Waals surface area (Å²) < 4.78 is 6.59. The van der Waals surface area contributed by atoms with Gasteiger partial charge in [0, 0.05) is 12.5 Å². The van der Waals surface area contributed by atoms with Gasteiger partial charge in [-0.25, -0.2) is 4.98 Å². The van der Waals surface area contributed by atoms with Gasteiger partial charge in [-0.1, -0.05) is 23.5 Å². The number of furan rings is 1. The van der Waals surface area contributed by atoms with Crippen molar-refractivity contribution in [2.24, 2.45) is 0 Å². The van der Waals surface area contributed by atoms with Gasteiger partial charge in [0.2, 0.25) is 0 Å². The average Bonchev–Trinajstić information content (AvgIpc) is 2.98. The highest BCUT2D eigenvalue weighted by molar-refractivity contribution is 7.22. The first-order chi connectivity index (χ1) is 9.22. The summed E-state index contributed by atoms with van der Waals surface area (Å²) in [6.45, 7) is 4.24. The quantitative estimate of drug-likeness (QED) is 0.772. The van der Waals surface area contributed by atoms with E-state index in [1.807, 2.05) is 12.1 Å². The first-order valence-electron chi connectivity index (χ1n) is 6.37. The lowest BCUT2D eigenvalue weighted by Crippen LogP contribution is -2.17. The summed E-state index contributed by atoms with van der Waals surface area (Å²) in [6.07, 6.45) is 2.57. The molecule has 1 atom stereocenters. The fraction of sp³-hybridized carbons (Fsp3) is 0.267. The summed E-state index contributed by atoms with van der Waals surface area (Å²) in [7, 11) is 0. The van der Waals surface area contributed by atoms with Crippen LogP contribution in [0.15, 0.2) is 41.0 Å². The molecule has 3 nitrogen and oxygen atoms in total. The van der Waals surface area contributed by atoms with E-state index in [-0.39, 0.29) is 0 Å². The lowest BCUT2D eigenvalue weighted by Gasteiger charge is -2.10. The van der Waals surface area contributed by atoms with Crippen molar-refractivity contribution in [3.63, 3.8) is 0 Å². The highest BCUT2D eigenvalue weighted by Gasteiger charge is 2.10. The molecule has 0 aliphatic rings. The lowest BCUT2D eigenvalue weighted by molar-refractivity contribution is 0.498. The van der Waals surface area contributed by atoms with Crippen LogP contribution >= 0.6 is 11.3 Å². The van der Waals surface area contributed by atoms with Crippen molar-refractivity contribution in [3.05, 3.63) is 47.9 Å². The van der Waals surface area contributed by atoms with Crippen LogP contribution in [0.5, 0.6) is 0 Å². The Labute approximate surface area is 116 Å². The molecule has 1 N–H and O–H groups in total. The Kier molecular flexibility index (Phi) is 3.25. The Morgan fingerprint density at radius 2 is 2.21 bits per heavy atom. The van der Waals surface area contributed by atoms with Crippen LogP contribution in [-0.2, 0) is 6.42 Å². The predicted octanol–water partition coefficient (Wildman–Crippen LogP) is 4.24. The molecule has 0 aliphatic carbocycles. The van der Waals surface area contributed by atoms with E-state index in [1.165, 1.54) is 10.3 Å². The van der Waals surface area contributed by atoms with Gasteiger partial charge in [-0.2, -0.15) is 0 Å². The van der Waals surface area contributed by atoms with Crippen molar-refractivity contribution in [1.29, 1.82) is 0 Å². The SMILES string of the molecule is Cc1cccc2sc(NC(C)Cc3ccco3)nc12. The highest BCUT2D eigenvalue weighted by atomic mass is 32.1. The number of benzene rings is 1. The van der Waals surface area contributed by atoms with Crippen LogP contribution in [-0.4, -0.2) is 11.0 Å². The van der Waals surface area contributed by atoms with Crippen LogP contribution in [0.1, 0.15) is 18.2 Å². The molecule has 0 bridgehead atoms. The van der Waals surface area contributed by atoms with Gasteiger partial charge in [0.05, 0.1) is 16.5 Å². The first-order valence-corrected chi connectivity index (χ1v) is 7.19. The van der Waals surface area contributed by atoms with E-state index in [0.717, 1.165) is 22.8 Å². The summed E-state index contributed by atoms with van der Waals surface area (Å²) in [5.41, 5.74) is 2.32. The molecule has 0 fully saturated rings. The minimum Gasteiger partial charge on any atom is -0.469 e. The maximum Gasteiger partial charge on any atom is 0.184 e. The molecular weight excluding hydrogens is 256 g/mol. The molecule has 0 saturated heterocycles. The number of anilines is 1. The molecule has 19 heavy (non-hydrogen) atoms. The molecular formula is C15H16N2OS. The molecule has 4 heteroatoms. The molecule has 1 unspecified atom stereocenters. The van der Waals surface area contributed by atoms with Gasteiger partial charge in [0.15, 0.2) is 5.13 Å². The smallest absolute Gasteiger partial charge is 0.184 e. The first kappa shape index (κ1) is 12.2. The van der Waals surface area contributed by atoms with Gasteiger partial charge in [-0.15, -0.1) is 0 Å². The number of nitrogens with one attached hydrogen (secondary N) is 1. The monoisotopic (exact) mass is 272 g/mol. The minimum absolute atomic E-state index is 0.298. The molecule has 3 rings (SSSR count). The molecule has 0 amide bonds. The van der Waals surface area contributed by atoms with Crippen LogP contribution in [0, 0.1) is 6.92 Å². The molecule has 2 heterocycles. The van der Waals surface area contributed by atoms with Crippen molar-refractivity contribution in [2.75, 3.05) is 5.32 Å². The maximum absolute atomic E-state index is 5.36. The highest BCUT2D eigenvalue weighted by Crippen LogP contribution is 2.28. The number of hydrogen-bond acceptors (Lipinski definition) is 4. The van der Waals surface area contributed by atoms with Gasteiger partial charge < -0.3 is 9.73 Å². The van der Waals surface area contributed by atoms with Gasteiger partial charge in [-0.05, 0) is 37.6 Å². The minimum atomic E-state index is 0.298. The number of nitrogens with zero attached hydrogens (tertiary/aromatic N) is 1. The van der Waals surface area contributed by atoms with Crippen molar-refractivity contribution in [2.45, 2.75) is 26.3 Å². The van der Waals surface area contributed by atoms with Gasteiger partial charge in [-0.3, -0.25) is 0 Å². The second-order valence-corrected chi connectivity index (χ2v) is 5.80. The predicted molar refractivity (Wildman–Crippen MR) is 79.9 cm³/mol. The zero-order valence-corrected chi connectivity index (χ0v) is 11.8. The molecule has 98 valence electrons. The standard InChI is InChI=1S/C15H16N2OS/c1-10-5-3-7-13-14(10)17-15(19-13)16-11(2)9-12-6-4-8-18-12/h3-8,11H,9H2,1-2H3,(H,16,17). The van der Waals surface area contributed by atoms with E-state index in [0.29, 0.717) is 6.04 Å². The summed E-state index contributed by atoms with van der Waals surface area (Å²) in [5, 5.41) is 4.42. The number of fused-ring (bicyclic) bond motifs is 1. The number of rotatable bonds is 4. The van der Waals surface area contributed by atoms with Gasteiger partial charge in [0.25, 0.3) is 0 Å². The van der Waals surface area contributed by atoms with E-state index >= 15 is 0 Å². The summed E-state index contributed by atoms with van der Waals surface area (Å²) in [4.78, 5) is 4.66. The topological polar surface area (TPSA) is 38.1 Å². The fourth-order valence-corrected chi connectivity index (χ4v) is 3.20. The largest absolute Gasteiger partial charge is 0.469 e. The van der Waals surface area contributed by atoms with Crippen molar-refractivity contribution < 1.29 is 4.42 Å². The lowest BCUT2D eigenvalue weighted by atomic mass is 10.2. The number of aromatic nitrogens is 1. The van der Waals surface area contributed by atoms with Crippen LogP contribution in [0.2, 0.25) is 0 Å².